The molecular formula is C19H25N3O2. The van der Waals surface area contributed by atoms with Gasteiger partial charge in [0.2, 0.25) is 0 Å². The molecule has 4 rings (SSSR count). The van der Waals surface area contributed by atoms with E-state index >= 15 is 0 Å². The summed E-state index contributed by atoms with van der Waals surface area (Å²) in [5, 5.41) is 14.5. The van der Waals surface area contributed by atoms with Crippen LogP contribution in [0.25, 0.3) is 5.69 Å². The molecule has 1 N–H and O–H groups in total. The van der Waals surface area contributed by atoms with E-state index in [1.165, 1.54) is 5.56 Å². The molecule has 2 heterocycles. The Morgan fingerprint density at radius 3 is 2.79 bits per heavy atom. The van der Waals surface area contributed by atoms with Gasteiger partial charge < -0.3 is 9.84 Å². The van der Waals surface area contributed by atoms with Crippen LogP contribution in [0, 0.1) is 5.92 Å². The second-order valence-electron chi connectivity index (χ2n) is 6.89. The van der Waals surface area contributed by atoms with Crippen molar-refractivity contribution in [1.29, 1.82) is 0 Å². The van der Waals surface area contributed by atoms with Crippen LogP contribution < -0.4 is 0 Å². The Kier molecular flexibility index (Phi) is 4.65. The largest absolute Gasteiger partial charge is 0.393 e. The highest BCUT2D eigenvalue weighted by Gasteiger charge is 2.37. The van der Waals surface area contributed by atoms with Crippen LogP contribution in [-0.4, -0.2) is 51.7 Å². The molecule has 5 nitrogen and oxygen atoms in total. The molecule has 5 heteroatoms. The quantitative estimate of drug-likeness (QED) is 0.936. The summed E-state index contributed by atoms with van der Waals surface area (Å²) in [4.78, 5) is 2.49. The maximum atomic E-state index is 10.3. The average Bonchev–Trinajstić information content (AvgIpc) is 3.28. The zero-order chi connectivity index (χ0) is 16.4. The van der Waals surface area contributed by atoms with Gasteiger partial charge in [0.15, 0.2) is 0 Å². The van der Waals surface area contributed by atoms with Gasteiger partial charge >= 0.3 is 0 Å². The number of hydrogen-bond donors (Lipinski definition) is 1. The lowest BCUT2D eigenvalue weighted by Crippen LogP contribution is -2.50. The van der Waals surface area contributed by atoms with Gasteiger partial charge in [-0.25, -0.2) is 4.68 Å². The van der Waals surface area contributed by atoms with Crippen molar-refractivity contribution in [3.63, 3.8) is 0 Å². The maximum absolute atomic E-state index is 10.3. The summed E-state index contributed by atoms with van der Waals surface area (Å²) in [5.41, 5.74) is 2.37. The fourth-order valence-electron chi connectivity index (χ4n) is 4.08. The topological polar surface area (TPSA) is 50.5 Å². The number of aromatic nitrogens is 2. The predicted molar refractivity (Wildman–Crippen MR) is 91.9 cm³/mol. The minimum atomic E-state index is -0.165. The first-order valence-corrected chi connectivity index (χ1v) is 8.90. The Morgan fingerprint density at radius 2 is 2.08 bits per heavy atom. The minimum absolute atomic E-state index is 0.165. The third-order valence-electron chi connectivity index (χ3n) is 5.40. The molecule has 0 unspecified atom stereocenters. The van der Waals surface area contributed by atoms with E-state index in [0.29, 0.717) is 12.0 Å². The molecule has 128 valence electrons. The van der Waals surface area contributed by atoms with E-state index in [9.17, 15) is 5.11 Å². The minimum Gasteiger partial charge on any atom is -0.393 e. The van der Waals surface area contributed by atoms with Crippen molar-refractivity contribution < 1.29 is 9.84 Å². The van der Waals surface area contributed by atoms with Crippen LogP contribution in [0.2, 0.25) is 0 Å². The Hall–Kier alpha value is -1.69. The number of benzene rings is 1. The molecule has 1 saturated carbocycles. The van der Waals surface area contributed by atoms with E-state index in [-0.39, 0.29) is 6.10 Å². The fourth-order valence-corrected chi connectivity index (χ4v) is 4.08. The normalized spacial score (nSPS) is 28.3. The van der Waals surface area contributed by atoms with Gasteiger partial charge in [0, 0.05) is 37.4 Å². The van der Waals surface area contributed by atoms with Crippen LogP contribution in [0.1, 0.15) is 24.8 Å². The first-order chi connectivity index (χ1) is 11.8. The number of ether oxygens (including phenoxy) is 1. The van der Waals surface area contributed by atoms with E-state index in [4.69, 9.17) is 4.74 Å². The van der Waals surface area contributed by atoms with E-state index in [0.717, 1.165) is 51.3 Å². The standard InChI is InChI=1S/C19H25N3O2/c23-19-4-1-3-17(19)18-14-24-12-11-21(18)13-15-5-7-16(8-6-15)22-10-2-9-20-22/h2,5-10,17-19,23H,1,3-4,11-14H2/t17-,18-,19-/m1/s1. The summed E-state index contributed by atoms with van der Waals surface area (Å²) in [6.45, 7) is 3.38. The van der Waals surface area contributed by atoms with Crippen LogP contribution in [0.15, 0.2) is 42.7 Å². The molecule has 0 amide bonds. The Morgan fingerprint density at radius 1 is 1.21 bits per heavy atom. The smallest absolute Gasteiger partial charge is 0.0645 e. The maximum Gasteiger partial charge on any atom is 0.0645 e. The third kappa shape index (κ3) is 3.24. The predicted octanol–water partition coefficient (Wildman–Crippen LogP) is 2.23. The van der Waals surface area contributed by atoms with Crippen LogP contribution in [0.5, 0.6) is 0 Å². The van der Waals surface area contributed by atoms with Gasteiger partial charge in [-0.3, -0.25) is 4.90 Å². The summed E-state index contributed by atoms with van der Waals surface area (Å²) in [7, 11) is 0. The van der Waals surface area contributed by atoms with Gasteiger partial charge in [-0.1, -0.05) is 18.6 Å². The van der Waals surface area contributed by atoms with Gasteiger partial charge in [-0.15, -0.1) is 0 Å². The molecular weight excluding hydrogens is 302 g/mol. The van der Waals surface area contributed by atoms with Crippen molar-refractivity contribution in [3.8, 4) is 5.69 Å². The summed E-state index contributed by atoms with van der Waals surface area (Å²) in [6.07, 6.45) is 6.77. The van der Waals surface area contributed by atoms with E-state index < -0.39 is 0 Å². The molecule has 0 radical (unpaired) electrons. The Balaban J connectivity index is 1.46. The summed E-state index contributed by atoms with van der Waals surface area (Å²) in [6, 6.07) is 10.8. The van der Waals surface area contributed by atoms with Gasteiger partial charge in [-0.05, 0) is 36.6 Å². The first kappa shape index (κ1) is 15.8. The Labute approximate surface area is 142 Å². The molecule has 1 aliphatic carbocycles. The molecule has 0 spiro atoms. The molecule has 1 aromatic carbocycles. The lowest BCUT2D eigenvalue weighted by atomic mass is 9.94. The van der Waals surface area contributed by atoms with Crippen molar-refractivity contribution in [2.24, 2.45) is 5.92 Å². The average molecular weight is 327 g/mol. The molecule has 1 saturated heterocycles. The lowest BCUT2D eigenvalue weighted by molar-refractivity contribution is -0.0536. The third-order valence-corrected chi connectivity index (χ3v) is 5.40. The lowest BCUT2D eigenvalue weighted by Gasteiger charge is -2.40. The molecule has 1 aliphatic heterocycles. The monoisotopic (exact) mass is 327 g/mol. The highest BCUT2D eigenvalue weighted by atomic mass is 16.5. The van der Waals surface area contributed by atoms with E-state index in [1.54, 1.807) is 6.20 Å². The fraction of sp³-hybridized carbons (Fsp3) is 0.526. The second kappa shape index (κ2) is 7.05. The molecule has 0 bridgehead atoms. The number of aliphatic hydroxyl groups is 1. The van der Waals surface area contributed by atoms with Crippen LogP contribution in [0.3, 0.4) is 0 Å². The second-order valence-corrected chi connectivity index (χ2v) is 6.89. The van der Waals surface area contributed by atoms with Crippen molar-refractivity contribution in [3.05, 3.63) is 48.3 Å². The van der Waals surface area contributed by atoms with Gasteiger partial charge in [0.1, 0.15) is 0 Å². The summed E-state index contributed by atoms with van der Waals surface area (Å²) in [5.74, 6) is 0.355. The highest BCUT2D eigenvalue weighted by molar-refractivity contribution is 5.33. The zero-order valence-electron chi connectivity index (χ0n) is 13.9. The van der Waals surface area contributed by atoms with Crippen molar-refractivity contribution in [1.82, 2.24) is 14.7 Å². The number of morpholine rings is 1. The van der Waals surface area contributed by atoms with Gasteiger partial charge in [0.05, 0.1) is 25.0 Å². The highest BCUT2D eigenvalue weighted by Crippen LogP contribution is 2.32. The van der Waals surface area contributed by atoms with Crippen LogP contribution in [0.4, 0.5) is 0 Å². The van der Waals surface area contributed by atoms with Gasteiger partial charge in [-0.2, -0.15) is 5.10 Å². The number of rotatable bonds is 4. The number of nitrogens with zero attached hydrogens (tertiary/aromatic N) is 3. The molecule has 3 atom stereocenters. The first-order valence-electron chi connectivity index (χ1n) is 8.90. The van der Waals surface area contributed by atoms with E-state index in [2.05, 4.69) is 34.3 Å². The Bertz CT molecular complexity index is 641. The zero-order valence-corrected chi connectivity index (χ0v) is 13.9. The number of hydrogen-bond acceptors (Lipinski definition) is 4. The SMILES string of the molecule is O[C@@H]1CCC[C@@H]1[C@H]1COCCN1Cc1ccc(-n2cccn2)cc1. The molecule has 2 fully saturated rings. The van der Waals surface area contributed by atoms with Crippen LogP contribution >= 0.6 is 0 Å². The molecule has 24 heavy (non-hydrogen) atoms. The van der Waals surface area contributed by atoms with Crippen molar-refractivity contribution in [2.45, 2.75) is 38.0 Å². The van der Waals surface area contributed by atoms with Crippen LogP contribution in [-0.2, 0) is 11.3 Å². The number of aliphatic hydroxyl groups excluding tert-OH is 1. The van der Waals surface area contributed by atoms with E-state index in [1.807, 2.05) is 16.9 Å². The molecule has 1 aromatic heterocycles. The van der Waals surface area contributed by atoms with Gasteiger partial charge in [0.25, 0.3) is 0 Å². The summed E-state index contributed by atoms with van der Waals surface area (Å²) >= 11 is 0. The molecule has 2 aliphatic rings. The van der Waals surface area contributed by atoms with Crippen molar-refractivity contribution in [2.75, 3.05) is 19.8 Å². The molecule has 2 aromatic rings. The van der Waals surface area contributed by atoms with Crippen molar-refractivity contribution >= 4 is 0 Å². The summed E-state index contributed by atoms with van der Waals surface area (Å²) < 4.78 is 7.59.